The fourth-order valence-electron chi connectivity index (χ4n) is 2.58. The number of nitrogens with zero attached hydrogens (tertiary/aromatic N) is 1. The predicted octanol–water partition coefficient (Wildman–Crippen LogP) is 4.44. The van der Waals surface area contributed by atoms with Crippen molar-refractivity contribution in [3.63, 3.8) is 0 Å². The van der Waals surface area contributed by atoms with Gasteiger partial charge in [0, 0.05) is 23.7 Å². The van der Waals surface area contributed by atoms with Crippen molar-refractivity contribution < 1.29 is 17.4 Å². The highest BCUT2D eigenvalue weighted by Gasteiger charge is 2.16. The van der Waals surface area contributed by atoms with Crippen molar-refractivity contribution in [2.45, 2.75) is 25.3 Å². The van der Waals surface area contributed by atoms with Gasteiger partial charge in [-0.3, -0.25) is 0 Å². The number of urea groups is 1. The van der Waals surface area contributed by atoms with Gasteiger partial charge < -0.3 is 14.4 Å². The number of rotatable bonds is 8. The summed E-state index contributed by atoms with van der Waals surface area (Å²) in [5.41, 5.74) is 1.63. The number of amides is 2. The van der Waals surface area contributed by atoms with Crippen LogP contribution < -0.4 is 9.50 Å². The summed E-state index contributed by atoms with van der Waals surface area (Å²) < 4.78 is 27.3. The van der Waals surface area contributed by atoms with E-state index in [1.54, 1.807) is 40.9 Å². The first kappa shape index (κ1) is 22.1. The van der Waals surface area contributed by atoms with Crippen LogP contribution in [0.4, 0.5) is 10.5 Å². The van der Waals surface area contributed by atoms with Crippen molar-refractivity contribution in [2.75, 3.05) is 24.4 Å². The zero-order valence-corrected chi connectivity index (χ0v) is 18.1. The van der Waals surface area contributed by atoms with Gasteiger partial charge in [0.25, 0.3) is 0 Å². The SMILES string of the molecule is CSc1ccc(NC(=O)N(Cc2ccc(OS(C)(=O)=O)cc2)CC(C)C)cc1. The first-order chi connectivity index (χ1) is 13.2. The second kappa shape index (κ2) is 9.84. The topological polar surface area (TPSA) is 75.7 Å². The molecule has 0 unspecified atom stereocenters. The molecule has 2 rings (SSSR count). The number of nitrogens with one attached hydrogen (secondary N) is 1. The molecule has 0 atom stereocenters. The zero-order chi connectivity index (χ0) is 20.7. The molecule has 0 bridgehead atoms. The average Bonchev–Trinajstić information content (AvgIpc) is 2.62. The highest BCUT2D eigenvalue weighted by molar-refractivity contribution is 7.98. The van der Waals surface area contributed by atoms with Crippen LogP contribution in [0.3, 0.4) is 0 Å². The van der Waals surface area contributed by atoms with Crippen LogP contribution in [0.5, 0.6) is 5.75 Å². The van der Waals surface area contributed by atoms with Crippen molar-refractivity contribution in [1.82, 2.24) is 4.90 Å². The standard InChI is InChI=1S/C20H26N2O4S2/c1-15(2)13-22(20(23)21-17-7-11-19(27-3)12-8-17)14-16-5-9-18(10-6-16)26-28(4,24)25/h5-12,15H,13-14H2,1-4H3,(H,21,23). The van der Waals surface area contributed by atoms with Gasteiger partial charge in [0.1, 0.15) is 5.75 Å². The van der Waals surface area contributed by atoms with Gasteiger partial charge in [-0.05, 0) is 54.1 Å². The average molecular weight is 423 g/mol. The second-order valence-corrected chi connectivity index (χ2v) is 9.32. The van der Waals surface area contributed by atoms with Gasteiger partial charge in [0.2, 0.25) is 0 Å². The molecule has 2 aromatic carbocycles. The summed E-state index contributed by atoms with van der Waals surface area (Å²) in [6.07, 6.45) is 3.01. The highest BCUT2D eigenvalue weighted by atomic mass is 32.2. The molecular weight excluding hydrogens is 396 g/mol. The van der Waals surface area contributed by atoms with Crippen LogP contribution in [0.1, 0.15) is 19.4 Å². The quantitative estimate of drug-likeness (QED) is 0.503. The van der Waals surface area contributed by atoms with E-state index in [9.17, 15) is 13.2 Å². The molecule has 0 aliphatic rings. The van der Waals surface area contributed by atoms with E-state index >= 15 is 0 Å². The van der Waals surface area contributed by atoms with Crippen molar-refractivity contribution >= 4 is 33.6 Å². The van der Waals surface area contributed by atoms with Gasteiger partial charge in [0.15, 0.2) is 0 Å². The monoisotopic (exact) mass is 422 g/mol. The molecule has 0 saturated carbocycles. The lowest BCUT2D eigenvalue weighted by atomic mass is 10.1. The zero-order valence-electron chi connectivity index (χ0n) is 16.5. The van der Waals surface area contributed by atoms with E-state index in [0.717, 1.165) is 22.4 Å². The van der Waals surface area contributed by atoms with Crippen LogP contribution in [-0.2, 0) is 16.7 Å². The molecule has 0 aromatic heterocycles. The molecule has 152 valence electrons. The highest BCUT2D eigenvalue weighted by Crippen LogP contribution is 2.19. The molecule has 6 nitrogen and oxygen atoms in total. The van der Waals surface area contributed by atoms with Gasteiger partial charge in [-0.2, -0.15) is 8.42 Å². The Morgan fingerprint density at radius 1 is 1.11 bits per heavy atom. The fourth-order valence-corrected chi connectivity index (χ4v) is 3.45. The summed E-state index contributed by atoms with van der Waals surface area (Å²) in [6.45, 7) is 5.11. The molecular formula is C20H26N2O4S2. The Morgan fingerprint density at radius 2 is 1.71 bits per heavy atom. The molecule has 2 aromatic rings. The molecule has 0 radical (unpaired) electrons. The molecule has 0 heterocycles. The van der Waals surface area contributed by atoms with E-state index in [0.29, 0.717) is 19.0 Å². The van der Waals surface area contributed by atoms with Gasteiger partial charge >= 0.3 is 16.1 Å². The van der Waals surface area contributed by atoms with Gasteiger partial charge in [-0.25, -0.2) is 4.79 Å². The first-order valence-corrected chi connectivity index (χ1v) is 11.9. The third-order valence-corrected chi connectivity index (χ3v) is 5.00. The molecule has 0 spiro atoms. The summed E-state index contributed by atoms with van der Waals surface area (Å²) >= 11 is 1.65. The number of thioether (sulfide) groups is 1. The lowest BCUT2D eigenvalue weighted by Crippen LogP contribution is -2.37. The van der Waals surface area contributed by atoms with Crippen molar-refractivity contribution in [3.05, 3.63) is 54.1 Å². The van der Waals surface area contributed by atoms with Crippen LogP contribution in [0, 0.1) is 5.92 Å². The molecule has 8 heteroatoms. The van der Waals surface area contributed by atoms with E-state index in [1.807, 2.05) is 30.5 Å². The van der Waals surface area contributed by atoms with E-state index < -0.39 is 10.1 Å². The lowest BCUT2D eigenvalue weighted by molar-refractivity contribution is 0.201. The normalized spacial score (nSPS) is 11.3. The summed E-state index contributed by atoms with van der Waals surface area (Å²) in [6, 6.07) is 14.2. The van der Waals surface area contributed by atoms with Crippen LogP contribution in [0.25, 0.3) is 0 Å². The maximum Gasteiger partial charge on any atom is 0.322 e. The van der Waals surface area contributed by atoms with Crippen molar-refractivity contribution in [2.24, 2.45) is 5.92 Å². The minimum atomic E-state index is -3.56. The van der Waals surface area contributed by atoms with Crippen LogP contribution in [0.15, 0.2) is 53.4 Å². The Balaban J connectivity index is 2.08. The molecule has 28 heavy (non-hydrogen) atoms. The number of benzene rings is 2. The third kappa shape index (κ3) is 7.44. The molecule has 0 fully saturated rings. The summed E-state index contributed by atoms with van der Waals surface area (Å²) in [4.78, 5) is 15.6. The van der Waals surface area contributed by atoms with Crippen molar-refractivity contribution in [1.29, 1.82) is 0 Å². The Labute approximate surface area is 171 Å². The number of hydrogen-bond acceptors (Lipinski definition) is 5. The third-order valence-electron chi connectivity index (χ3n) is 3.76. The van der Waals surface area contributed by atoms with Crippen LogP contribution >= 0.6 is 11.8 Å². The van der Waals surface area contributed by atoms with Gasteiger partial charge in [-0.1, -0.05) is 26.0 Å². The van der Waals surface area contributed by atoms with Crippen molar-refractivity contribution in [3.8, 4) is 5.75 Å². The summed E-state index contributed by atoms with van der Waals surface area (Å²) in [5, 5.41) is 2.94. The van der Waals surface area contributed by atoms with E-state index in [-0.39, 0.29) is 11.8 Å². The maximum absolute atomic E-state index is 12.8. The van der Waals surface area contributed by atoms with Crippen LogP contribution in [0.2, 0.25) is 0 Å². The Hall–Kier alpha value is -2.19. The number of carbonyl (C=O) groups excluding carboxylic acids is 1. The first-order valence-electron chi connectivity index (χ1n) is 8.84. The second-order valence-electron chi connectivity index (χ2n) is 6.86. The molecule has 1 N–H and O–H groups in total. The summed E-state index contributed by atoms with van der Waals surface area (Å²) in [7, 11) is -3.56. The van der Waals surface area contributed by atoms with E-state index in [4.69, 9.17) is 4.18 Å². The van der Waals surface area contributed by atoms with Gasteiger partial charge in [0.05, 0.1) is 6.26 Å². The van der Waals surface area contributed by atoms with Gasteiger partial charge in [-0.15, -0.1) is 11.8 Å². The Bertz CT molecular complexity index is 879. The predicted molar refractivity (Wildman–Crippen MR) is 114 cm³/mol. The number of hydrogen-bond donors (Lipinski definition) is 1. The Kier molecular flexibility index (Phi) is 7.77. The Morgan fingerprint density at radius 3 is 2.21 bits per heavy atom. The summed E-state index contributed by atoms with van der Waals surface area (Å²) in [5.74, 6) is 0.553. The van der Waals surface area contributed by atoms with Crippen LogP contribution in [-0.4, -0.2) is 38.4 Å². The lowest BCUT2D eigenvalue weighted by Gasteiger charge is -2.25. The van der Waals surface area contributed by atoms with E-state index in [1.165, 1.54) is 0 Å². The molecule has 0 aliphatic heterocycles. The smallest absolute Gasteiger partial charge is 0.322 e. The molecule has 0 saturated heterocycles. The minimum absolute atomic E-state index is 0.179. The number of anilines is 1. The minimum Gasteiger partial charge on any atom is -0.383 e. The maximum atomic E-state index is 12.8. The molecule has 0 aliphatic carbocycles. The fraction of sp³-hybridized carbons (Fsp3) is 0.350. The number of carbonyl (C=O) groups is 1. The molecule has 2 amide bonds. The largest absolute Gasteiger partial charge is 0.383 e. The van der Waals surface area contributed by atoms with E-state index in [2.05, 4.69) is 19.2 Å².